The molecule has 8 nitrogen and oxygen atoms in total. The number of imide groups is 1. The van der Waals surface area contributed by atoms with Crippen LogP contribution in [-0.4, -0.2) is 35.9 Å². The molecule has 2 N–H and O–H groups in total. The normalized spacial score (nSPS) is 13.7. The predicted octanol–water partition coefficient (Wildman–Crippen LogP) is 6.25. The van der Waals surface area contributed by atoms with Crippen molar-refractivity contribution in [1.29, 1.82) is 0 Å². The number of hydrogen-bond acceptors (Lipinski definition) is 5. The second-order valence-electron chi connectivity index (χ2n) is 9.29. The Balaban J connectivity index is 1.54. The quantitative estimate of drug-likeness (QED) is 0.142. The van der Waals surface area contributed by atoms with Gasteiger partial charge in [-0.05, 0) is 72.9 Å². The van der Waals surface area contributed by atoms with E-state index >= 15 is 0 Å². The first kappa shape index (κ1) is 29.6. The van der Waals surface area contributed by atoms with Gasteiger partial charge in [0.25, 0.3) is 5.91 Å². The van der Waals surface area contributed by atoms with Crippen LogP contribution in [0.25, 0.3) is 6.08 Å². The number of nitrogens with one attached hydrogen (secondary N) is 2. The SMILES string of the molecule is C=CCc1cc(/C=C2/NC(=O)N(CC(=O)Nc3ccccc3CC)C2=O)cc(OCC)c1OCc1ccc(Br)cc1. The molecular formula is C32H32BrN3O5. The molecule has 4 rings (SSSR count). The number of aryl methyl sites for hydroxylation is 1. The van der Waals surface area contributed by atoms with Gasteiger partial charge in [-0.3, -0.25) is 9.59 Å². The van der Waals surface area contributed by atoms with E-state index in [1.54, 1.807) is 24.3 Å². The largest absolute Gasteiger partial charge is 0.490 e. The third kappa shape index (κ3) is 7.43. The molecule has 0 aromatic heterocycles. The van der Waals surface area contributed by atoms with E-state index in [0.29, 0.717) is 42.4 Å². The number of hydrogen-bond donors (Lipinski definition) is 2. The molecule has 4 amide bonds. The van der Waals surface area contributed by atoms with E-state index in [1.165, 1.54) is 0 Å². The first-order valence-corrected chi connectivity index (χ1v) is 14.1. The first-order valence-electron chi connectivity index (χ1n) is 13.3. The van der Waals surface area contributed by atoms with E-state index in [2.05, 4.69) is 33.1 Å². The van der Waals surface area contributed by atoms with Gasteiger partial charge >= 0.3 is 6.03 Å². The summed E-state index contributed by atoms with van der Waals surface area (Å²) in [5.41, 5.74) is 4.12. The second-order valence-corrected chi connectivity index (χ2v) is 10.2. The molecule has 1 fully saturated rings. The number of anilines is 1. The zero-order valence-corrected chi connectivity index (χ0v) is 24.6. The van der Waals surface area contributed by atoms with Crippen LogP contribution in [0, 0.1) is 0 Å². The van der Waals surface area contributed by atoms with Gasteiger partial charge in [0.05, 0.1) is 6.61 Å². The van der Waals surface area contributed by atoms with Gasteiger partial charge in [-0.15, -0.1) is 6.58 Å². The molecule has 1 aliphatic rings. The molecular weight excluding hydrogens is 586 g/mol. The lowest BCUT2D eigenvalue weighted by atomic mass is 10.0. The molecule has 1 heterocycles. The summed E-state index contributed by atoms with van der Waals surface area (Å²) in [5, 5.41) is 5.38. The van der Waals surface area contributed by atoms with Crippen LogP contribution in [0.15, 0.2) is 83.5 Å². The van der Waals surface area contributed by atoms with Crippen LogP contribution in [-0.2, 0) is 29.0 Å². The third-order valence-electron chi connectivity index (χ3n) is 6.36. The molecule has 0 unspecified atom stereocenters. The monoisotopic (exact) mass is 617 g/mol. The fraction of sp³-hybridized carbons (Fsp3) is 0.219. The van der Waals surface area contributed by atoms with Crippen molar-refractivity contribution in [3.63, 3.8) is 0 Å². The Labute approximate surface area is 248 Å². The number of rotatable bonds is 12. The van der Waals surface area contributed by atoms with Crippen LogP contribution < -0.4 is 20.1 Å². The number of para-hydroxylation sites is 1. The van der Waals surface area contributed by atoms with Crippen molar-refractivity contribution in [2.75, 3.05) is 18.5 Å². The van der Waals surface area contributed by atoms with E-state index in [0.717, 1.165) is 32.5 Å². The summed E-state index contributed by atoms with van der Waals surface area (Å²) in [6.07, 6.45) is 4.56. The van der Waals surface area contributed by atoms with Crippen LogP contribution >= 0.6 is 15.9 Å². The molecule has 1 saturated heterocycles. The van der Waals surface area contributed by atoms with Gasteiger partial charge in [0, 0.05) is 15.7 Å². The van der Waals surface area contributed by atoms with Crippen molar-refractivity contribution < 1.29 is 23.9 Å². The number of amides is 4. The summed E-state index contributed by atoms with van der Waals surface area (Å²) >= 11 is 3.44. The van der Waals surface area contributed by atoms with Crippen molar-refractivity contribution in [1.82, 2.24) is 10.2 Å². The lowest BCUT2D eigenvalue weighted by Gasteiger charge is -2.17. The fourth-order valence-electron chi connectivity index (χ4n) is 4.40. The smallest absolute Gasteiger partial charge is 0.329 e. The van der Waals surface area contributed by atoms with E-state index in [1.807, 2.05) is 62.4 Å². The number of urea groups is 1. The summed E-state index contributed by atoms with van der Waals surface area (Å²) in [5.74, 6) is 0.0465. The molecule has 0 spiro atoms. The summed E-state index contributed by atoms with van der Waals surface area (Å²) in [4.78, 5) is 39.3. The average Bonchev–Trinajstić information content (AvgIpc) is 3.21. The molecule has 0 radical (unpaired) electrons. The second kappa shape index (κ2) is 13.8. The molecule has 1 aliphatic heterocycles. The Morgan fingerprint density at radius 1 is 1.05 bits per heavy atom. The highest BCUT2D eigenvalue weighted by Gasteiger charge is 2.35. The lowest BCUT2D eigenvalue weighted by Crippen LogP contribution is -2.38. The minimum Gasteiger partial charge on any atom is -0.490 e. The minimum atomic E-state index is -0.661. The summed E-state index contributed by atoms with van der Waals surface area (Å²) in [7, 11) is 0. The van der Waals surface area contributed by atoms with Crippen LogP contribution in [0.4, 0.5) is 10.5 Å². The minimum absolute atomic E-state index is 0.0623. The number of halogens is 1. The Hall–Kier alpha value is -4.37. The standard InChI is InChI=1S/C32H32BrN3O5/c1-4-9-24-16-22(18-28(40-6-3)30(24)41-20-21-12-14-25(33)15-13-21)17-27-31(38)36(32(39)35-27)19-29(37)34-26-11-8-7-10-23(26)5-2/h4,7-8,10-18H,1,5-6,9,19-20H2,2-3H3,(H,34,37)(H,35,39)/b27-17+. The maximum Gasteiger partial charge on any atom is 0.329 e. The topological polar surface area (TPSA) is 97.0 Å². The number of ether oxygens (including phenoxy) is 2. The van der Waals surface area contributed by atoms with E-state index in [-0.39, 0.29) is 5.70 Å². The Morgan fingerprint density at radius 3 is 2.51 bits per heavy atom. The number of benzene rings is 3. The molecule has 3 aromatic carbocycles. The molecule has 212 valence electrons. The van der Waals surface area contributed by atoms with Crippen LogP contribution in [0.1, 0.15) is 36.1 Å². The van der Waals surface area contributed by atoms with Crippen molar-refractivity contribution in [2.24, 2.45) is 0 Å². The van der Waals surface area contributed by atoms with Gasteiger partial charge in [-0.2, -0.15) is 0 Å². The van der Waals surface area contributed by atoms with Crippen LogP contribution in [0.3, 0.4) is 0 Å². The summed E-state index contributed by atoms with van der Waals surface area (Å²) in [6.45, 7) is 8.06. The molecule has 0 aliphatic carbocycles. The fourth-order valence-corrected chi connectivity index (χ4v) is 4.67. The van der Waals surface area contributed by atoms with E-state index in [4.69, 9.17) is 9.47 Å². The van der Waals surface area contributed by atoms with Crippen molar-refractivity contribution >= 4 is 45.5 Å². The predicted molar refractivity (Wildman–Crippen MR) is 163 cm³/mol. The Kier molecular flexibility index (Phi) is 9.97. The third-order valence-corrected chi connectivity index (χ3v) is 6.89. The first-order chi connectivity index (χ1) is 19.8. The van der Waals surface area contributed by atoms with Gasteiger partial charge in [0.1, 0.15) is 18.8 Å². The average molecular weight is 619 g/mol. The highest BCUT2D eigenvalue weighted by Crippen LogP contribution is 2.35. The highest BCUT2D eigenvalue weighted by molar-refractivity contribution is 9.10. The van der Waals surface area contributed by atoms with Crippen LogP contribution in [0.2, 0.25) is 0 Å². The molecule has 41 heavy (non-hydrogen) atoms. The van der Waals surface area contributed by atoms with Crippen molar-refractivity contribution in [3.8, 4) is 11.5 Å². The zero-order valence-electron chi connectivity index (χ0n) is 23.0. The maximum atomic E-state index is 13.1. The number of allylic oxidation sites excluding steroid dienone is 1. The van der Waals surface area contributed by atoms with Gasteiger partial charge in [-0.1, -0.05) is 59.3 Å². The van der Waals surface area contributed by atoms with Gasteiger partial charge < -0.3 is 20.1 Å². The highest BCUT2D eigenvalue weighted by atomic mass is 79.9. The van der Waals surface area contributed by atoms with Gasteiger partial charge in [0.2, 0.25) is 5.91 Å². The molecule has 0 saturated carbocycles. The Bertz CT molecular complexity index is 1480. The zero-order chi connectivity index (χ0) is 29.4. The van der Waals surface area contributed by atoms with Crippen LogP contribution in [0.5, 0.6) is 11.5 Å². The molecule has 9 heteroatoms. The van der Waals surface area contributed by atoms with Crippen molar-refractivity contribution in [3.05, 3.63) is 106 Å². The molecule has 0 bridgehead atoms. The number of carbonyl (C=O) groups is 3. The summed E-state index contributed by atoms with van der Waals surface area (Å²) in [6, 6.07) is 18.2. The molecule has 3 aromatic rings. The van der Waals surface area contributed by atoms with E-state index in [9.17, 15) is 14.4 Å². The lowest BCUT2D eigenvalue weighted by molar-refractivity contribution is -0.127. The summed E-state index contributed by atoms with van der Waals surface area (Å²) < 4.78 is 13.1. The Morgan fingerprint density at radius 2 is 1.80 bits per heavy atom. The number of carbonyl (C=O) groups excluding carboxylic acids is 3. The maximum absolute atomic E-state index is 13.1. The van der Waals surface area contributed by atoms with Gasteiger partial charge in [0.15, 0.2) is 11.5 Å². The molecule has 0 atom stereocenters. The van der Waals surface area contributed by atoms with Gasteiger partial charge in [-0.25, -0.2) is 9.69 Å². The van der Waals surface area contributed by atoms with E-state index < -0.39 is 24.4 Å². The number of nitrogens with zero attached hydrogens (tertiary/aromatic N) is 1. The van der Waals surface area contributed by atoms with Crippen molar-refractivity contribution in [2.45, 2.75) is 33.3 Å².